The molecule has 1 unspecified atom stereocenters. The molecule has 0 heterocycles. The van der Waals surface area contributed by atoms with E-state index in [1.54, 1.807) is 12.1 Å². The molecule has 0 amide bonds. The Morgan fingerprint density at radius 3 is 2.58 bits per heavy atom. The lowest BCUT2D eigenvalue weighted by molar-refractivity contribution is 0.0266. The summed E-state index contributed by atoms with van der Waals surface area (Å²) in [5, 5.41) is 9.18. The number of aromatic carboxylic acids is 1. The van der Waals surface area contributed by atoms with Gasteiger partial charge < -0.3 is 9.84 Å². The second-order valence-corrected chi connectivity index (χ2v) is 5.35. The largest absolute Gasteiger partial charge is 0.478 e. The fraction of sp³-hybridized carbons (Fsp3) is 0.429. The first kappa shape index (κ1) is 15.9. The molecule has 0 aliphatic heterocycles. The van der Waals surface area contributed by atoms with Gasteiger partial charge in [0, 0.05) is 3.57 Å². The standard InChI is InChI=1S/C14H17IO4/c1-3-6-9(4-2)19-14(18)10-7-5-8-11(15)12(10)13(16)17/h5,7-9H,3-4,6H2,1-2H3,(H,16,17). The van der Waals surface area contributed by atoms with Crippen LogP contribution in [0.4, 0.5) is 0 Å². The van der Waals surface area contributed by atoms with E-state index in [1.165, 1.54) is 6.07 Å². The van der Waals surface area contributed by atoms with Gasteiger partial charge in [-0.25, -0.2) is 9.59 Å². The number of hydrogen-bond acceptors (Lipinski definition) is 3. The first-order valence-corrected chi connectivity index (χ1v) is 7.31. The number of carboxylic acid groups (broad SMARTS) is 1. The number of esters is 1. The van der Waals surface area contributed by atoms with Gasteiger partial charge in [0.2, 0.25) is 0 Å². The van der Waals surface area contributed by atoms with Crippen LogP contribution in [0.3, 0.4) is 0 Å². The molecule has 104 valence electrons. The van der Waals surface area contributed by atoms with Crippen LogP contribution in [0.15, 0.2) is 18.2 Å². The van der Waals surface area contributed by atoms with Crippen molar-refractivity contribution in [2.45, 2.75) is 39.2 Å². The van der Waals surface area contributed by atoms with Gasteiger partial charge in [0.1, 0.15) is 6.10 Å². The van der Waals surface area contributed by atoms with Gasteiger partial charge in [-0.05, 0) is 47.6 Å². The van der Waals surface area contributed by atoms with E-state index >= 15 is 0 Å². The molecular formula is C14H17IO4. The SMILES string of the molecule is CCCC(CC)OC(=O)c1cccc(I)c1C(=O)O. The van der Waals surface area contributed by atoms with Gasteiger partial charge in [-0.1, -0.05) is 26.3 Å². The molecule has 0 saturated carbocycles. The monoisotopic (exact) mass is 376 g/mol. The number of carbonyl (C=O) groups is 2. The van der Waals surface area contributed by atoms with Crippen LogP contribution in [0.25, 0.3) is 0 Å². The lowest BCUT2D eigenvalue weighted by Gasteiger charge is -2.16. The maximum atomic E-state index is 12.1. The number of halogens is 1. The van der Waals surface area contributed by atoms with E-state index < -0.39 is 11.9 Å². The molecule has 0 bridgehead atoms. The van der Waals surface area contributed by atoms with E-state index in [0.29, 0.717) is 3.57 Å². The van der Waals surface area contributed by atoms with E-state index in [4.69, 9.17) is 4.74 Å². The van der Waals surface area contributed by atoms with Gasteiger partial charge in [-0.2, -0.15) is 0 Å². The molecule has 0 radical (unpaired) electrons. The fourth-order valence-corrected chi connectivity index (χ4v) is 2.52. The van der Waals surface area contributed by atoms with E-state index in [1.807, 2.05) is 36.4 Å². The minimum Gasteiger partial charge on any atom is -0.478 e. The second-order valence-electron chi connectivity index (χ2n) is 4.19. The van der Waals surface area contributed by atoms with Crippen LogP contribution in [0.5, 0.6) is 0 Å². The molecule has 0 saturated heterocycles. The van der Waals surface area contributed by atoms with Crippen molar-refractivity contribution in [3.63, 3.8) is 0 Å². The van der Waals surface area contributed by atoms with Crippen LogP contribution in [0, 0.1) is 3.57 Å². The molecule has 1 atom stereocenters. The Balaban J connectivity index is 3.00. The van der Waals surface area contributed by atoms with Crippen molar-refractivity contribution in [2.75, 3.05) is 0 Å². The summed E-state index contributed by atoms with van der Waals surface area (Å²) < 4.78 is 5.90. The third kappa shape index (κ3) is 4.19. The molecule has 5 heteroatoms. The smallest absolute Gasteiger partial charge is 0.339 e. The van der Waals surface area contributed by atoms with Crippen molar-refractivity contribution in [1.29, 1.82) is 0 Å². The number of ether oxygens (including phenoxy) is 1. The average molecular weight is 376 g/mol. The number of benzene rings is 1. The summed E-state index contributed by atoms with van der Waals surface area (Å²) in [5.41, 5.74) is 0.133. The summed E-state index contributed by atoms with van der Waals surface area (Å²) in [5.74, 6) is -1.67. The topological polar surface area (TPSA) is 63.6 Å². The van der Waals surface area contributed by atoms with Crippen LogP contribution in [0.1, 0.15) is 53.8 Å². The zero-order valence-electron chi connectivity index (χ0n) is 11.0. The Morgan fingerprint density at radius 2 is 2.05 bits per heavy atom. The van der Waals surface area contributed by atoms with E-state index in [9.17, 15) is 14.7 Å². The molecule has 0 aliphatic carbocycles. The Kier molecular flexibility index (Phi) is 6.27. The predicted molar refractivity (Wildman–Crippen MR) is 80.5 cm³/mol. The number of rotatable bonds is 6. The molecule has 0 fully saturated rings. The molecule has 0 aliphatic rings. The quantitative estimate of drug-likeness (QED) is 0.607. The molecule has 1 aromatic carbocycles. The molecular weight excluding hydrogens is 359 g/mol. The Bertz CT molecular complexity index is 471. The summed E-state index contributed by atoms with van der Waals surface area (Å²) in [4.78, 5) is 23.3. The lowest BCUT2D eigenvalue weighted by Crippen LogP contribution is -2.20. The number of carboxylic acids is 1. The van der Waals surface area contributed by atoms with Crippen LogP contribution >= 0.6 is 22.6 Å². The van der Waals surface area contributed by atoms with Crippen LogP contribution in [0.2, 0.25) is 0 Å². The van der Waals surface area contributed by atoms with Crippen molar-refractivity contribution in [3.8, 4) is 0 Å². The molecule has 19 heavy (non-hydrogen) atoms. The van der Waals surface area contributed by atoms with Crippen molar-refractivity contribution in [3.05, 3.63) is 32.9 Å². The van der Waals surface area contributed by atoms with Gasteiger partial charge in [0.25, 0.3) is 0 Å². The zero-order valence-corrected chi connectivity index (χ0v) is 13.1. The summed E-state index contributed by atoms with van der Waals surface area (Å²) in [6.07, 6.45) is 2.28. The highest BCUT2D eigenvalue weighted by Crippen LogP contribution is 2.19. The van der Waals surface area contributed by atoms with Crippen LogP contribution in [-0.4, -0.2) is 23.1 Å². The molecule has 1 N–H and O–H groups in total. The van der Waals surface area contributed by atoms with Gasteiger partial charge >= 0.3 is 11.9 Å². The van der Waals surface area contributed by atoms with Crippen molar-refractivity contribution in [1.82, 2.24) is 0 Å². The van der Waals surface area contributed by atoms with Crippen molar-refractivity contribution < 1.29 is 19.4 Å². The summed E-state index contributed by atoms with van der Waals surface area (Å²) in [6.45, 7) is 3.96. The average Bonchev–Trinajstić information content (AvgIpc) is 2.37. The predicted octanol–water partition coefficient (Wildman–Crippen LogP) is 3.72. The third-order valence-corrected chi connectivity index (χ3v) is 3.69. The highest BCUT2D eigenvalue weighted by molar-refractivity contribution is 14.1. The molecule has 4 nitrogen and oxygen atoms in total. The highest BCUT2D eigenvalue weighted by Gasteiger charge is 2.22. The highest BCUT2D eigenvalue weighted by atomic mass is 127. The molecule has 0 aromatic heterocycles. The summed E-state index contributed by atoms with van der Waals surface area (Å²) >= 11 is 1.91. The Labute approximate surface area is 126 Å². The van der Waals surface area contributed by atoms with Crippen molar-refractivity contribution in [2.24, 2.45) is 0 Å². The minimum atomic E-state index is -1.11. The second kappa shape index (κ2) is 7.47. The normalized spacial score (nSPS) is 11.9. The first-order chi connectivity index (χ1) is 9.01. The third-order valence-electron chi connectivity index (χ3n) is 2.79. The van der Waals surface area contributed by atoms with Gasteiger partial charge in [-0.3, -0.25) is 0 Å². The fourth-order valence-electron chi connectivity index (χ4n) is 1.79. The van der Waals surface area contributed by atoms with Crippen LogP contribution in [-0.2, 0) is 4.74 Å². The van der Waals surface area contributed by atoms with E-state index in [2.05, 4.69) is 0 Å². The Morgan fingerprint density at radius 1 is 1.37 bits per heavy atom. The lowest BCUT2D eigenvalue weighted by atomic mass is 10.1. The van der Waals surface area contributed by atoms with Crippen LogP contribution < -0.4 is 0 Å². The maximum absolute atomic E-state index is 12.1. The van der Waals surface area contributed by atoms with E-state index in [-0.39, 0.29) is 17.2 Å². The minimum absolute atomic E-state index is 0.0134. The maximum Gasteiger partial charge on any atom is 0.339 e. The summed E-state index contributed by atoms with van der Waals surface area (Å²) in [6, 6.07) is 4.81. The molecule has 1 aromatic rings. The van der Waals surface area contributed by atoms with Crippen molar-refractivity contribution >= 4 is 34.5 Å². The molecule has 0 spiro atoms. The van der Waals surface area contributed by atoms with Gasteiger partial charge in [0.05, 0.1) is 11.1 Å². The summed E-state index contributed by atoms with van der Waals surface area (Å²) in [7, 11) is 0. The number of carbonyl (C=O) groups excluding carboxylic acids is 1. The first-order valence-electron chi connectivity index (χ1n) is 6.24. The van der Waals surface area contributed by atoms with Gasteiger partial charge in [-0.15, -0.1) is 0 Å². The Hall–Kier alpha value is -1.11. The molecule has 1 rings (SSSR count). The van der Waals surface area contributed by atoms with E-state index in [0.717, 1.165) is 19.3 Å². The number of hydrogen-bond donors (Lipinski definition) is 1. The zero-order chi connectivity index (χ0) is 14.4. The van der Waals surface area contributed by atoms with Gasteiger partial charge in [0.15, 0.2) is 0 Å².